The second-order valence-corrected chi connectivity index (χ2v) is 13.4. The van der Waals surface area contributed by atoms with E-state index in [0.717, 1.165) is 0 Å². The molecule has 0 saturated carbocycles. The van der Waals surface area contributed by atoms with Crippen LogP contribution in [0.3, 0.4) is 0 Å². The van der Waals surface area contributed by atoms with Crippen LogP contribution in [0.4, 0.5) is 4.79 Å². The Morgan fingerprint density at radius 1 is 1.21 bits per heavy atom. The highest BCUT2D eigenvalue weighted by Gasteiger charge is 2.37. The molecule has 1 heterocycles. The van der Waals surface area contributed by atoms with E-state index < -0.39 is 27.4 Å². The van der Waals surface area contributed by atoms with E-state index in [1.165, 1.54) is 0 Å². The SMILES string of the molecule is C=CCOc1cc(Cl)c(Cl)c(Cl)c1C(NS(=O)C(C)(C)C)C1CCN(C(=O)OC(C)(C)C)CC1. The first-order valence-electron chi connectivity index (χ1n) is 11.2. The third kappa shape index (κ3) is 7.76. The second kappa shape index (κ2) is 11.8. The standard InChI is InChI=1S/C24H35Cl3N2O4S/c1-8-13-32-17-14-16(25)19(26)20(27)18(17)21(28-34(31)24(5,6)7)15-9-11-29(12-10-15)22(30)33-23(2,3)4/h8,14-15,21,28H,1,9-13H2,2-7H3. The maximum Gasteiger partial charge on any atom is 0.410 e. The smallest absolute Gasteiger partial charge is 0.410 e. The van der Waals surface area contributed by atoms with Crippen molar-refractivity contribution in [1.82, 2.24) is 9.62 Å². The van der Waals surface area contributed by atoms with Gasteiger partial charge >= 0.3 is 6.09 Å². The van der Waals surface area contributed by atoms with Crippen LogP contribution in [0.5, 0.6) is 5.75 Å². The fourth-order valence-electron chi connectivity index (χ4n) is 3.57. The zero-order valence-electron chi connectivity index (χ0n) is 20.7. The average Bonchev–Trinajstić information content (AvgIpc) is 2.73. The second-order valence-electron chi connectivity index (χ2n) is 10.3. The van der Waals surface area contributed by atoms with Crippen LogP contribution < -0.4 is 9.46 Å². The lowest BCUT2D eigenvalue weighted by molar-refractivity contribution is 0.0171. The molecule has 6 nitrogen and oxygen atoms in total. The molecule has 10 heteroatoms. The molecule has 1 saturated heterocycles. The predicted octanol–water partition coefficient (Wildman–Crippen LogP) is 6.95. The minimum absolute atomic E-state index is 0.00538. The molecule has 2 atom stereocenters. The summed E-state index contributed by atoms with van der Waals surface area (Å²) in [5, 5.41) is 0.736. The molecule has 1 amide bonds. The maximum atomic E-state index is 13.2. The molecule has 0 bridgehead atoms. The first-order valence-corrected chi connectivity index (χ1v) is 13.5. The summed E-state index contributed by atoms with van der Waals surface area (Å²) in [7, 11) is -1.40. The van der Waals surface area contributed by atoms with E-state index in [2.05, 4.69) is 11.3 Å². The van der Waals surface area contributed by atoms with Gasteiger partial charge in [0.05, 0.1) is 36.8 Å². The van der Waals surface area contributed by atoms with Crippen LogP contribution in [-0.4, -0.2) is 45.2 Å². The average molecular weight is 554 g/mol. The van der Waals surface area contributed by atoms with Crippen molar-refractivity contribution >= 4 is 51.9 Å². The van der Waals surface area contributed by atoms with Gasteiger partial charge in [-0.3, -0.25) is 0 Å². The monoisotopic (exact) mass is 552 g/mol. The molecule has 1 fully saturated rings. The molecule has 1 aromatic rings. The number of benzene rings is 1. The van der Waals surface area contributed by atoms with Crippen molar-refractivity contribution < 1.29 is 18.5 Å². The number of amides is 1. The number of hydrogen-bond donors (Lipinski definition) is 1. The molecule has 2 unspecified atom stereocenters. The van der Waals surface area contributed by atoms with E-state index in [4.69, 9.17) is 44.3 Å². The van der Waals surface area contributed by atoms with Gasteiger partial charge in [0.2, 0.25) is 0 Å². The number of rotatable bonds is 7. The van der Waals surface area contributed by atoms with Gasteiger partial charge in [-0.15, -0.1) is 0 Å². The Labute approximate surface area is 220 Å². The molecule has 2 rings (SSSR count). The normalized spacial score (nSPS) is 17.3. The van der Waals surface area contributed by atoms with Crippen LogP contribution >= 0.6 is 34.8 Å². The Hall–Kier alpha value is -0.990. The van der Waals surface area contributed by atoms with E-state index in [0.29, 0.717) is 37.2 Å². The number of piperidine rings is 1. The summed E-state index contributed by atoms with van der Waals surface area (Å²) in [5.41, 5.74) is 0.0401. The lowest BCUT2D eigenvalue weighted by Crippen LogP contribution is -2.45. The number of ether oxygens (including phenoxy) is 2. The summed E-state index contributed by atoms with van der Waals surface area (Å²) in [4.78, 5) is 14.2. The predicted molar refractivity (Wildman–Crippen MR) is 141 cm³/mol. The van der Waals surface area contributed by atoms with E-state index in [1.54, 1.807) is 17.0 Å². The number of nitrogens with one attached hydrogen (secondary N) is 1. The van der Waals surface area contributed by atoms with Gasteiger partial charge in [-0.05, 0) is 60.3 Å². The lowest BCUT2D eigenvalue weighted by Gasteiger charge is -2.38. The van der Waals surface area contributed by atoms with Crippen molar-refractivity contribution in [2.45, 2.75) is 70.8 Å². The van der Waals surface area contributed by atoms with Crippen LogP contribution in [0, 0.1) is 5.92 Å². The summed E-state index contributed by atoms with van der Waals surface area (Å²) >= 11 is 19.4. The van der Waals surface area contributed by atoms with Crippen molar-refractivity contribution in [3.8, 4) is 5.75 Å². The lowest BCUT2D eigenvalue weighted by atomic mass is 9.85. The van der Waals surface area contributed by atoms with Crippen molar-refractivity contribution in [1.29, 1.82) is 0 Å². The van der Waals surface area contributed by atoms with Crippen LogP contribution in [0.1, 0.15) is 66.0 Å². The van der Waals surface area contributed by atoms with Gasteiger partial charge < -0.3 is 14.4 Å². The highest BCUT2D eigenvalue weighted by Crippen LogP contribution is 2.46. The van der Waals surface area contributed by atoms with Crippen molar-refractivity contribution in [2.24, 2.45) is 5.92 Å². The van der Waals surface area contributed by atoms with Crippen molar-refractivity contribution in [3.63, 3.8) is 0 Å². The summed E-state index contributed by atoms with van der Waals surface area (Å²) < 4.78 is 27.3. The number of likely N-dealkylation sites (tertiary alicyclic amines) is 1. The summed E-state index contributed by atoms with van der Waals surface area (Å²) in [6, 6.07) is 1.18. The van der Waals surface area contributed by atoms with Gasteiger partial charge in [-0.1, -0.05) is 47.5 Å². The van der Waals surface area contributed by atoms with Crippen LogP contribution in [-0.2, 0) is 15.7 Å². The van der Waals surface area contributed by atoms with Gasteiger partial charge in [0.1, 0.15) is 18.0 Å². The number of carbonyl (C=O) groups is 1. The molecule has 192 valence electrons. The molecular weight excluding hydrogens is 519 g/mol. The molecule has 0 aromatic heterocycles. The summed E-state index contributed by atoms with van der Waals surface area (Å²) in [6.45, 7) is 16.2. The molecule has 1 aromatic carbocycles. The Balaban J connectivity index is 2.41. The highest BCUT2D eigenvalue weighted by molar-refractivity contribution is 7.84. The van der Waals surface area contributed by atoms with Gasteiger partial charge in [-0.25, -0.2) is 13.7 Å². The summed E-state index contributed by atoms with van der Waals surface area (Å²) in [6.07, 6.45) is 2.58. The fourth-order valence-corrected chi connectivity index (χ4v) is 5.18. The van der Waals surface area contributed by atoms with Gasteiger partial charge in [0, 0.05) is 24.7 Å². The van der Waals surface area contributed by atoms with Crippen LogP contribution in [0.15, 0.2) is 18.7 Å². The number of carbonyl (C=O) groups excluding carboxylic acids is 1. The molecule has 1 N–H and O–H groups in total. The third-order valence-corrected chi connectivity index (χ3v) is 8.14. The minimum Gasteiger partial charge on any atom is -0.489 e. The number of hydrogen-bond acceptors (Lipinski definition) is 4. The zero-order chi connectivity index (χ0) is 25.8. The minimum atomic E-state index is -1.40. The van der Waals surface area contributed by atoms with Crippen molar-refractivity contribution in [3.05, 3.63) is 39.4 Å². The molecule has 1 aliphatic heterocycles. The molecular formula is C24H35Cl3N2O4S. The maximum absolute atomic E-state index is 13.2. The topological polar surface area (TPSA) is 67.9 Å². The zero-order valence-corrected chi connectivity index (χ0v) is 23.8. The Bertz CT molecular complexity index is 920. The van der Waals surface area contributed by atoms with E-state index in [9.17, 15) is 9.00 Å². The van der Waals surface area contributed by atoms with Crippen molar-refractivity contribution in [2.75, 3.05) is 19.7 Å². The van der Waals surface area contributed by atoms with Gasteiger partial charge in [0.15, 0.2) is 0 Å². The quantitative estimate of drug-likeness (QED) is 0.293. The Morgan fingerprint density at radius 2 is 1.79 bits per heavy atom. The Morgan fingerprint density at radius 3 is 2.29 bits per heavy atom. The molecule has 1 aliphatic rings. The fraction of sp³-hybridized carbons (Fsp3) is 0.625. The van der Waals surface area contributed by atoms with Gasteiger partial charge in [-0.2, -0.15) is 0 Å². The van der Waals surface area contributed by atoms with E-state index >= 15 is 0 Å². The molecule has 0 spiro atoms. The van der Waals surface area contributed by atoms with Crippen LogP contribution in [0.2, 0.25) is 15.1 Å². The Kier molecular flexibility index (Phi) is 10.2. The van der Waals surface area contributed by atoms with E-state index in [-0.39, 0.29) is 33.7 Å². The highest BCUT2D eigenvalue weighted by atomic mass is 35.5. The third-order valence-electron chi connectivity index (χ3n) is 5.28. The van der Waals surface area contributed by atoms with Crippen LogP contribution in [0.25, 0.3) is 0 Å². The largest absolute Gasteiger partial charge is 0.489 e. The van der Waals surface area contributed by atoms with E-state index in [1.807, 2.05) is 41.5 Å². The molecule has 0 radical (unpaired) electrons. The number of nitrogens with zero attached hydrogens (tertiary/aromatic N) is 1. The number of halogens is 3. The van der Waals surface area contributed by atoms with Gasteiger partial charge in [0.25, 0.3) is 0 Å². The molecule has 0 aliphatic carbocycles. The summed E-state index contributed by atoms with van der Waals surface area (Å²) in [5.74, 6) is 0.461. The first kappa shape index (κ1) is 29.2. The molecule has 34 heavy (non-hydrogen) atoms. The first-order chi connectivity index (χ1) is 15.7.